The van der Waals surface area contributed by atoms with E-state index in [1.54, 1.807) is 6.92 Å². The molecular formula is C21H26N10O11P2. The normalized spacial score (nSPS) is 36.6. The van der Waals surface area contributed by atoms with Crippen LogP contribution < -0.4 is 17.0 Å². The van der Waals surface area contributed by atoms with E-state index in [1.165, 1.54) is 28.1 Å². The van der Waals surface area contributed by atoms with Gasteiger partial charge in [-0.25, -0.2) is 29.1 Å². The Hall–Kier alpha value is -3.36. The minimum absolute atomic E-state index is 0.0127. The van der Waals surface area contributed by atoms with Crippen LogP contribution in [0.2, 0.25) is 0 Å². The monoisotopic (exact) mass is 656 g/mol. The van der Waals surface area contributed by atoms with Gasteiger partial charge in [-0.3, -0.25) is 37.0 Å². The minimum Gasteiger partial charge on any atom is -0.382 e. The van der Waals surface area contributed by atoms with E-state index >= 15 is 0 Å². The molecule has 23 heteroatoms. The average Bonchev–Trinajstić information content (AvgIpc) is 3.72. The molecule has 4 aromatic rings. The fraction of sp³-hybridized carbons (Fsp3) is 0.524. The van der Waals surface area contributed by atoms with Gasteiger partial charge in [-0.1, -0.05) is 6.92 Å². The van der Waals surface area contributed by atoms with Gasteiger partial charge in [-0.05, 0) is 0 Å². The molecule has 0 saturated carbocycles. The summed E-state index contributed by atoms with van der Waals surface area (Å²) in [7, 11) is -9.60. The number of fused-ring (bicyclic) bond motifs is 5. The number of nitrogens with zero attached hydrogens (tertiary/aromatic N) is 7. The first-order chi connectivity index (χ1) is 20.9. The Morgan fingerprint density at radius 3 is 2.41 bits per heavy atom. The molecule has 236 valence electrons. The van der Waals surface area contributed by atoms with Crippen molar-refractivity contribution < 1.29 is 46.5 Å². The Morgan fingerprint density at radius 1 is 0.909 bits per heavy atom. The Balaban J connectivity index is 1.19. The summed E-state index contributed by atoms with van der Waals surface area (Å²) >= 11 is 0. The smallest absolute Gasteiger partial charge is 0.382 e. The summed E-state index contributed by atoms with van der Waals surface area (Å²) in [5.41, 5.74) is 11.6. The Labute approximate surface area is 245 Å². The third kappa shape index (κ3) is 5.20. The summed E-state index contributed by atoms with van der Waals surface area (Å²) in [6, 6.07) is 0. The molecule has 4 aromatic heterocycles. The van der Waals surface area contributed by atoms with Crippen LogP contribution in [0.4, 0.5) is 11.8 Å². The number of H-pyrrole nitrogens is 1. The van der Waals surface area contributed by atoms with Crippen molar-refractivity contribution in [2.24, 2.45) is 5.92 Å². The van der Waals surface area contributed by atoms with E-state index in [-0.39, 0.29) is 29.4 Å². The molecule has 7 heterocycles. The molecule has 0 spiro atoms. The molecule has 7 N–H and O–H groups in total. The number of phosphoric ester groups is 2. The largest absolute Gasteiger partial charge is 0.472 e. The first kappa shape index (κ1) is 29.4. The maximum absolute atomic E-state index is 13.2. The Morgan fingerprint density at radius 2 is 1.61 bits per heavy atom. The predicted molar refractivity (Wildman–Crippen MR) is 145 cm³/mol. The lowest BCUT2D eigenvalue weighted by Gasteiger charge is -2.26. The van der Waals surface area contributed by atoms with Gasteiger partial charge in [0.2, 0.25) is 5.95 Å². The zero-order chi connectivity index (χ0) is 31.0. The van der Waals surface area contributed by atoms with E-state index in [1.807, 2.05) is 0 Å². The van der Waals surface area contributed by atoms with E-state index in [9.17, 15) is 23.7 Å². The maximum Gasteiger partial charge on any atom is 0.472 e. The second-order valence-electron chi connectivity index (χ2n) is 10.4. The summed E-state index contributed by atoms with van der Waals surface area (Å²) < 4.78 is 63.0. The zero-order valence-electron chi connectivity index (χ0n) is 22.6. The summed E-state index contributed by atoms with van der Waals surface area (Å²) in [5.74, 6) is -0.715. The SMILES string of the molecule is C[C@H]1[C@@H]2OP(=O)(O)OC[C@@H]3CC(OP(=O)(O)OC[C@H]2O[C@H]1n1cnc2c(N)ncnc21)[C@H](n1cnc2c(=O)[nH]c(N)nc21)O3. The molecule has 0 amide bonds. The highest BCUT2D eigenvalue weighted by atomic mass is 31.2. The van der Waals surface area contributed by atoms with Crippen LogP contribution in [0.15, 0.2) is 23.8 Å². The zero-order valence-corrected chi connectivity index (χ0v) is 24.4. The van der Waals surface area contributed by atoms with Crippen LogP contribution in [0, 0.1) is 5.92 Å². The van der Waals surface area contributed by atoms with Gasteiger partial charge in [-0.15, -0.1) is 0 Å². The number of hydrogen-bond acceptors (Lipinski definition) is 16. The lowest BCUT2D eigenvalue weighted by molar-refractivity contribution is -0.0668. The van der Waals surface area contributed by atoms with Crippen LogP contribution >= 0.6 is 15.6 Å². The average molecular weight is 656 g/mol. The molecule has 21 nitrogen and oxygen atoms in total. The number of aromatic nitrogens is 8. The van der Waals surface area contributed by atoms with Gasteiger partial charge in [0.05, 0.1) is 32.0 Å². The number of nitrogens with two attached hydrogens (primary N) is 2. The minimum atomic E-state index is -4.83. The summed E-state index contributed by atoms with van der Waals surface area (Å²) in [6.45, 7) is 0.615. The van der Waals surface area contributed by atoms with Crippen molar-refractivity contribution in [3.8, 4) is 0 Å². The van der Waals surface area contributed by atoms with Crippen molar-refractivity contribution in [3.05, 3.63) is 29.3 Å². The first-order valence-electron chi connectivity index (χ1n) is 13.2. The van der Waals surface area contributed by atoms with E-state index in [4.69, 9.17) is 39.0 Å². The molecule has 3 fully saturated rings. The molecule has 3 saturated heterocycles. The van der Waals surface area contributed by atoms with E-state index < -0.39 is 77.2 Å². The number of phosphoric acid groups is 2. The molecule has 0 aliphatic carbocycles. The molecule has 2 bridgehead atoms. The number of anilines is 2. The van der Waals surface area contributed by atoms with Gasteiger partial charge in [0.1, 0.15) is 36.4 Å². The van der Waals surface area contributed by atoms with Crippen molar-refractivity contribution in [3.63, 3.8) is 0 Å². The van der Waals surface area contributed by atoms with Gasteiger partial charge in [0, 0.05) is 12.3 Å². The van der Waals surface area contributed by atoms with Crippen molar-refractivity contribution in [1.29, 1.82) is 0 Å². The lowest BCUT2D eigenvalue weighted by atomic mass is 10.0. The van der Waals surface area contributed by atoms with Gasteiger partial charge in [-0.2, -0.15) is 4.98 Å². The lowest BCUT2D eigenvalue weighted by Crippen LogP contribution is -2.32. The second kappa shape index (κ2) is 10.6. The second-order valence-corrected chi connectivity index (χ2v) is 13.2. The van der Waals surface area contributed by atoms with Crippen LogP contribution in [0.3, 0.4) is 0 Å². The van der Waals surface area contributed by atoms with Crippen LogP contribution in [0.25, 0.3) is 22.3 Å². The fourth-order valence-corrected chi connectivity index (χ4v) is 7.56. The van der Waals surface area contributed by atoms with Gasteiger partial charge >= 0.3 is 15.6 Å². The molecule has 44 heavy (non-hydrogen) atoms. The highest BCUT2D eigenvalue weighted by molar-refractivity contribution is 7.47. The molecule has 9 atom stereocenters. The number of rotatable bonds is 2. The van der Waals surface area contributed by atoms with Crippen LogP contribution in [0.5, 0.6) is 0 Å². The summed E-state index contributed by atoms with van der Waals surface area (Å²) in [6.07, 6.45) is -2.70. The van der Waals surface area contributed by atoms with Crippen LogP contribution in [-0.4, -0.2) is 86.5 Å². The fourth-order valence-electron chi connectivity index (χ4n) is 5.58. The number of hydrogen-bond donors (Lipinski definition) is 5. The van der Waals surface area contributed by atoms with E-state index in [0.29, 0.717) is 11.2 Å². The number of nitrogen functional groups attached to an aromatic ring is 2. The highest BCUT2D eigenvalue weighted by Gasteiger charge is 2.50. The number of nitrogens with one attached hydrogen (secondary N) is 1. The molecule has 0 aromatic carbocycles. The van der Waals surface area contributed by atoms with Crippen molar-refractivity contribution in [2.75, 3.05) is 24.7 Å². The quantitative estimate of drug-likeness (QED) is 0.177. The van der Waals surface area contributed by atoms with Crippen LogP contribution in [-0.2, 0) is 36.7 Å². The third-order valence-electron chi connectivity index (χ3n) is 7.53. The third-order valence-corrected chi connectivity index (χ3v) is 9.53. The maximum atomic E-state index is 13.2. The number of ether oxygens (including phenoxy) is 2. The molecule has 3 aliphatic heterocycles. The molecule has 7 rings (SSSR count). The molecular weight excluding hydrogens is 630 g/mol. The molecule has 0 radical (unpaired) electrons. The molecule has 3 aliphatic rings. The van der Waals surface area contributed by atoms with Crippen molar-refractivity contribution in [2.45, 2.75) is 50.2 Å². The molecule has 3 unspecified atom stereocenters. The topological polar surface area (TPSA) is 289 Å². The highest BCUT2D eigenvalue weighted by Crippen LogP contribution is 2.54. The Kier molecular flexibility index (Phi) is 7.09. The van der Waals surface area contributed by atoms with Gasteiger partial charge in [0.15, 0.2) is 28.9 Å². The number of imidazole rings is 2. The predicted octanol–water partition coefficient (Wildman–Crippen LogP) is -0.0371. The number of aromatic amines is 1. The van der Waals surface area contributed by atoms with Crippen LogP contribution in [0.1, 0.15) is 25.8 Å². The van der Waals surface area contributed by atoms with E-state index in [2.05, 4.69) is 29.9 Å². The summed E-state index contributed by atoms with van der Waals surface area (Å²) in [5, 5.41) is 0. The van der Waals surface area contributed by atoms with Crippen molar-refractivity contribution >= 4 is 49.7 Å². The van der Waals surface area contributed by atoms with E-state index in [0.717, 1.165) is 0 Å². The van der Waals surface area contributed by atoms with Crippen molar-refractivity contribution in [1.82, 2.24) is 39.0 Å². The standard InChI is InChI=1S/C21H26N10O11P2/c1-8-14-11(40-19(8)30-6-26-12-15(22)24-5-25-16(12)30)4-38-43(33,34)41-10-2-9(3-37-44(35,36)42-14)39-20(10)31-7-27-13-17(31)28-21(23)29-18(13)32/h5-11,14,19-20H,2-4H2,1H3,(H,33,34)(H,35,36)(H2,22,24,25)(H3,23,28,29,32)/t8-,9-,10?,11+,14-,19+,20+/m0/s1. The Bertz CT molecular complexity index is 1900. The summed E-state index contributed by atoms with van der Waals surface area (Å²) in [4.78, 5) is 56.5. The first-order valence-corrected chi connectivity index (χ1v) is 16.2. The van der Waals surface area contributed by atoms with Gasteiger partial charge < -0.3 is 30.7 Å². The van der Waals surface area contributed by atoms with Gasteiger partial charge in [0.25, 0.3) is 5.56 Å².